The van der Waals surface area contributed by atoms with Crippen LogP contribution in [0.25, 0.3) is 0 Å². The molecule has 1 nitrogen and oxygen atoms in total. The van der Waals surface area contributed by atoms with Gasteiger partial charge in [-0.25, -0.2) is 0 Å². The third-order valence-corrected chi connectivity index (χ3v) is 3.07. The normalized spacial score (nSPS) is 12.8. The Morgan fingerprint density at radius 1 is 1.21 bits per heavy atom. The van der Waals surface area contributed by atoms with Gasteiger partial charge in [0.25, 0.3) is 0 Å². The number of aliphatic hydroxyl groups excluding tert-OH is 1. The zero-order valence-corrected chi connectivity index (χ0v) is 9.68. The summed E-state index contributed by atoms with van der Waals surface area (Å²) >= 11 is 1.85. The fraction of sp³-hybridized carbons (Fsp3) is 0.500. The van der Waals surface area contributed by atoms with Crippen LogP contribution in [0, 0.1) is 0 Å². The van der Waals surface area contributed by atoms with Crippen molar-refractivity contribution in [3.63, 3.8) is 0 Å². The topological polar surface area (TPSA) is 20.2 Å². The number of aliphatic hydroxyl groups is 1. The molecule has 0 saturated carbocycles. The largest absolute Gasteiger partial charge is 0.393 e. The van der Waals surface area contributed by atoms with Gasteiger partial charge in [-0.3, -0.25) is 0 Å². The van der Waals surface area contributed by atoms with E-state index in [1.807, 2.05) is 18.7 Å². The van der Waals surface area contributed by atoms with Crippen LogP contribution in [0.3, 0.4) is 0 Å². The molecule has 0 aliphatic carbocycles. The molecule has 0 saturated heterocycles. The van der Waals surface area contributed by atoms with E-state index in [4.69, 9.17) is 0 Å². The minimum Gasteiger partial charge on any atom is -0.393 e. The van der Waals surface area contributed by atoms with Crippen LogP contribution in [0.5, 0.6) is 0 Å². The highest BCUT2D eigenvalue weighted by atomic mass is 32.2. The molecule has 0 aromatic heterocycles. The molecule has 1 aromatic carbocycles. The number of benzene rings is 1. The first-order chi connectivity index (χ1) is 6.76. The lowest BCUT2D eigenvalue weighted by Crippen LogP contribution is -2.07. The van der Waals surface area contributed by atoms with E-state index in [1.54, 1.807) is 0 Å². The molecule has 1 atom stereocenters. The number of rotatable bonds is 5. The van der Waals surface area contributed by atoms with E-state index < -0.39 is 0 Å². The fourth-order valence-electron chi connectivity index (χ4n) is 1.30. The highest BCUT2D eigenvalue weighted by Crippen LogP contribution is 2.18. The summed E-state index contributed by atoms with van der Waals surface area (Å²) in [7, 11) is 0. The van der Waals surface area contributed by atoms with Gasteiger partial charge in [-0.2, -0.15) is 0 Å². The minimum absolute atomic E-state index is 0.195. The van der Waals surface area contributed by atoms with Crippen molar-refractivity contribution in [2.75, 3.05) is 5.75 Å². The number of hydrogen-bond acceptors (Lipinski definition) is 2. The molecule has 0 heterocycles. The van der Waals surface area contributed by atoms with Crippen LogP contribution >= 0.6 is 11.8 Å². The summed E-state index contributed by atoms with van der Waals surface area (Å²) in [6.07, 6.45) is 1.40. The second-order valence-electron chi connectivity index (χ2n) is 3.34. The van der Waals surface area contributed by atoms with Crippen LogP contribution in [0.15, 0.2) is 29.2 Å². The summed E-state index contributed by atoms with van der Waals surface area (Å²) in [5.41, 5.74) is 1.22. The van der Waals surface area contributed by atoms with Gasteiger partial charge in [-0.05, 0) is 36.3 Å². The van der Waals surface area contributed by atoms with E-state index in [0.717, 1.165) is 18.6 Å². The smallest absolute Gasteiger partial charge is 0.0577 e. The molecular formula is C12H18OS. The van der Waals surface area contributed by atoms with E-state index in [-0.39, 0.29) is 6.10 Å². The molecule has 0 fully saturated rings. The van der Waals surface area contributed by atoms with Gasteiger partial charge >= 0.3 is 0 Å². The first-order valence-corrected chi connectivity index (χ1v) is 6.14. The highest BCUT2D eigenvalue weighted by Gasteiger charge is 2.02. The third-order valence-electron chi connectivity index (χ3n) is 2.18. The van der Waals surface area contributed by atoms with Crippen molar-refractivity contribution >= 4 is 11.8 Å². The van der Waals surface area contributed by atoms with E-state index >= 15 is 0 Å². The molecule has 1 rings (SSSR count). The standard InChI is InChI=1S/C12H18OS/c1-3-11(13)9-10-5-7-12(8-6-10)14-4-2/h5-8,11,13H,3-4,9H2,1-2H3/t11-/m0/s1. The molecule has 78 valence electrons. The van der Waals surface area contributed by atoms with Gasteiger partial charge < -0.3 is 5.11 Å². The molecular weight excluding hydrogens is 192 g/mol. The summed E-state index contributed by atoms with van der Waals surface area (Å²) in [6, 6.07) is 8.48. The maximum atomic E-state index is 9.48. The zero-order chi connectivity index (χ0) is 10.4. The Kier molecular flexibility index (Phi) is 5.05. The van der Waals surface area contributed by atoms with Crippen molar-refractivity contribution in [1.82, 2.24) is 0 Å². The predicted molar refractivity (Wildman–Crippen MR) is 62.8 cm³/mol. The van der Waals surface area contributed by atoms with Crippen LogP contribution in [0.2, 0.25) is 0 Å². The van der Waals surface area contributed by atoms with Crippen molar-refractivity contribution < 1.29 is 5.11 Å². The molecule has 0 aliphatic heterocycles. The number of hydrogen-bond donors (Lipinski definition) is 1. The molecule has 1 N–H and O–H groups in total. The zero-order valence-electron chi connectivity index (χ0n) is 8.86. The van der Waals surface area contributed by atoms with Gasteiger partial charge in [-0.15, -0.1) is 11.8 Å². The van der Waals surface area contributed by atoms with Crippen LogP contribution < -0.4 is 0 Å². The van der Waals surface area contributed by atoms with Gasteiger partial charge in [0.15, 0.2) is 0 Å². The van der Waals surface area contributed by atoms with Crippen LogP contribution in [-0.4, -0.2) is 17.0 Å². The minimum atomic E-state index is -0.195. The fourth-order valence-corrected chi connectivity index (χ4v) is 1.97. The molecule has 0 amide bonds. The lowest BCUT2D eigenvalue weighted by Gasteiger charge is -2.07. The van der Waals surface area contributed by atoms with Gasteiger partial charge in [-0.1, -0.05) is 26.0 Å². The Morgan fingerprint density at radius 3 is 2.36 bits per heavy atom. The van der Waals surface area contributed by atoms with Crippen molar-refractivity contribution in [3.8, 4) is 0 Å². The van der Waals surface area contributed by atoms with Crippen molar-refractivity contribution in [3.05, 3.63) is 29.8 Å². The average molecular weight is 210 g/mol. The van der Waals surface area contributed by atoms with Gasteiger partial charge in [0.1, 0.15) is 0 Å². The monoisotopic (exact) mass is 210 g/mol. The van der Waals surface area contributed by atoms with Crippen molar-refractivity contribution in [2.24, 2.45) is 0 Å². The Balaban J connectivity index is 2.54. The van der Waals surface area contributed by atoms with Gasteiger partial charge in [0.05, 0.1) is 6.10 Å². The summed E-state index contributed by atoms with van der Waals surface area (Å²) in [5, 5.41) is 9.48. The van der Waals surface area contributed by atoms with Crippen molar-refractivity contribution in [1.29, 1.82) is 0 Å². The summed E-state index contributed by atoms with van der Waals surface area (Å²) in [4.78, 5) is 1.31. The summed E-state index contributed by atoms with van der Waals surface area (Å²) < 4.78 is 0. The summed E-state index contributed by atoms with van der Waals surface area (Å²) in [6.45, 7) is 4.16. The Morgan fingerprint density at radius 2 is 1.86 bits per heavy atom. The maximum Gasteiger partial charge on any atom is 0.0577 e. The van der Waals surface area contributed by atoms with Crippen molar-refractivity contribution in [2.45, 2.75) is 37.7 Å². The lowest BCUT2D eigenvalue weighted by molar-refractivity contribution is 0.171. The van der Waals surface area contributed by atoms with E-state index in [9.17, 15) is 5.11 Å². The Hall–Kier alpha value is -0.470. The molecule has 1 aromatic rings. The molecule has 0 spiro atoms. The van der Waals surface area contributed by atoms with Gasteiger partial charge in [0.2, 0.25) is 0 Å². The molecule has 0 bridgehead atoms. The Labute approximate surface area is 90.5 Å². The second kappa shape index (κ2) is 6.10. The van der Waals surface area contributed by atoms with Crippen LogP contribution in [0.4, 0.5) is 0 Å². The lowest BCUT2D eigenvalue weighted by atomic mass is 10.1. The van der Waals surface area contributed by atoms with E-state index in [2.05, 4.69) is 31.2 Å². The van der Waals surface area contributed by atoms with Crippen LogP contribution in [0.1, 0.15) is 25.8 Å². The van der Waals surface area contributed by atoms with Crippen LogP contribution in [-0.2, 0) is 6.42 Å². The third kappa shape index (κ3) is 3.72. The van der Waals surface area contributed by atoms with E-state index in [0.29, 0.717) is 0 Å². The molecule has 0 aliphatic rings. The van der Waals surface area contributed by atoms with E-state index in [1.165, 1.54) is 10.5 Å². The molecule has 0 unspecified atom stereocenters. The maximum absolute atomic E-state index is 9.48. The molecule has 14 heavy (non-hydrogen) atoms. The average Bonchev–Trinajstić information content (AvgIpc) is 2.21. The molecule has 0 radical (unpaired) electrons. The summed E-state index contributed by atoms with van der Waals surface area (Å²) in [5.74, 6) is 1.11. The highest BCUT2D eigenvalue weighted by molar-refractivity contribution is 7.99. The second-order valence-corrected chi connectivity index (χ2v) is 4.68. The SMILES string of the molecule is CCSc1ccc(C[C@@H](O)CC)cc1. The number of thioether (sulfide) groups is 1. The predicted octanol–water partition coefficient (Wildman–Crippen LogP) is 3.11. The quantitative estimate of drug-likeness (QED) is 0.754. The Bertz CT molecular complexity index is 256. The first-order valence-electron chi connectivity index (χ1n) is 5.16. The molecule has 2 heteroatoms. The first kappa shape index (κ1) is 11.6. The van der Waals surface area contributed by atoms with Gasteiger partial charge in [0, 0.05) is 4.90 Å².